The van der Waals surface area contributed by atoms with E-state index < -0.39 is 0 Å². The van der Waals surface area contributed by atoms with Crippen LogP contribution in [0.5, 0.6) is 23.0 Å². The van der Waals surface area contributed by atoms with Gasteiger partial charge in [-0.25, -0.2) is 0 Å². The second-order valence-corrected chi connectivity index (χ2v) is 8.43. The molecule has 1 N–H and O–H groups in total. The molecule has 1 unspecified atom stereocenters. The number of hydrogen-bond donors (Lipinski definition) is 1. The average molecular weight is 477 g/mol. The van der Waals surface area contributed by atoms with Crippen LogP contribution in [0.4, 0.5) is 0 Å². The van der Waals surface area contributed by atoms with Crippen LogP contribution in [-0.4, -0.2) is 52.3 Å². The van der Waals surface area contributed by atoms with Gasteiger partial charge in [-0.05, 0) is 71.6 Å². The average Bonchev–Trinajstić information content (AvgIpc) is 2.91. The summed E-state index contributed by atoms with van der Waals surface area (Å²) in [5.41, 5.74) is 4.08. The topological polar surface area (TPSA) is 69.3 Å². The van der Waals surface area contributed by atoms with Crippen LogP contribution in [0.1, 0.15) is 33.1 Å². The Morgan fingerprint density at radius 3 is 2.29 bits per heavy atom. The number of methoxy groups -OCH3 is 4. The second-order valence-electron chi connectivity index (χ2n) is 8.43. The summed E-state index contributed by atoms with van der Waals surface area (Å²) in [6.07, 6.45) is 0.878. The van der Waals surface area contributed by atoms with Crippen LogP contribution in [-0.2, 0) is 13.0 Å². The van der Waals surface area contributed by atoms with Crippen molar-refractivity contribution in [1.82, 2.24) is 10.2 Å². The minimum absolute atomic E-state index is 0.0352. The van der Waals surface area contributed by atoms with E-state index in [1.54, 1.807) is 52.7 Å². The fourth-order valence-electron chi connectivity index (χ4n) is 4.55. The molecule has 0 radical (unpaired) electrons. The number of nitrogens with one attached hydrogen (secondary N) is 1. The van der Waals surface area contributed by atoms with Gasteiger partial charge in [-0.2, -0.15) is 0 Å². The molecular weight excluding hydrogens is 444 g/mol. The Balaban J connectivity index is 1.61. The fourth-order valence-corrected chi connectivity index (χ4v) is 4.55. The predicted molar refractivity (Wildman–Crippen MR) is 135 cm³/mol. The van der Waals surface area contributed by atoms with Gasteiger partial charge in [0.2, 0.25) is 0 Å². The van der Waals surface area contributed by atoms with Crippen molar-refractivity contribution in [1.29, 1.82) is 0 Å². The van der Waals surface area contributed by atoms with Gasteiger partial charge >= 0.3 is 0 Å². The molecule has 0 bridgehead atoms. The molecule has 1 aliphatic rings. The largest absolute Gasteiger partial charge is 0.497 e. The van der Waals surface area contributed by atoms with E-state index in [0.29, 0.717) is 29.4 Å². The molecule has 7 nitrogen and oxygen atoms in total. The summed E-state index contributed by atoms with van der Waals surface area (Å²) in [6.45, 7) is 2.04. The summed E-state index contributed by atoms with van der Waals surface area (Å²) < 4.78 is 21.7. The van der Waals surface area contributed by atoms with Crippen LogP contribution in [0.2, 0.25) is 0 Å². The minimum atomic E-state index is -0.124. The third-order valence-electron chi connectivity index (χ3n) is 6.44. The van der Waals surface area contributed by atoms with Crippen LogP contribution in [0.15, 0.2) is 60.7 Å². The first-order valence-corrected chi connectivity index (χ1v) is 11.6. The van der Waals surface area contributed by atoms with Gasteiger partial charge in [0.05, 0.1) is 34.5 Å². The molecule has 4 rings (SSSR count). The number of ether oxygens (including phenoxy) is 4. The molecule has 0 spiro atoms. The summed E-state index contributed by atoms with van der Waals surface area (Å²) in [4.78, 5) is 15.3. The van der Waals surface area contributed by atoms with Gasteiger partial charge in [-0.15, -0.1) is 0 Å². The third-order valence-corrected chi connectivity index (χ3v) is 6.44. The Bertz CT molecular complexity index is 1160. The summed E-state index contributed by atoms with van der Waals surface area (Å²) in [7, 11) is 6.57. The number of rotatable bonds is 9. The summed E-state index contributed by atoms with van der Waals surface area (Å²) >= 11 is 0. The van der Waals surface area contributed by atoms with Gasteiger partial charge in [-0.3, -0.25) is 9.69 Å². The van der Waals surface area contributed by atoms with Crippen molar-refractivity contribution in [2.45, 2.75) is 19.0 Å². The smallest absolute Gasteiger partial charge is 0.251 e. The lowest BCUT2D eigenvalue weighted by molar-refractivity contribution is 0.0925. The van der Waals surface area contributed by atoms with Gasteiger partial charge in [0.15, 0.2) is 11.5 Å². The Morgan fingerprint density at radius 1 is 0.886 bits per heavy atom. The van der Waals surface area contributed by atoms with Crippen LogP contribution in [0.3, 0.4) is 0 Å². The molecule has 3 aromatic rings. The highest BCUT2D eigenvalue weighted by molar-refractivity contribution is 5.94. The molecule has 1 heterocycles. The zero-order chi connectivity index (χ0) is 24.8. The van der Waals surface area contributed by atoms with E-state index in [2.05, 4.69) is 28.4 Å². The molecule has 184 valence electrons. The molecule has 1 amide bonds. The molecule has 0 saturated carbocycles. The summed E-state index contributed by atoms with van der Waals surface area (Å²) in [6, 6.07) is 19.3. The molecular formula is C28H32N2O5. The van der Waals surface area contributed by atoms with E-state index in [9.17, 15) is 4.79 Å². The van der Waals surface area contributed by atoms with Gasteiger partial charge in [-0.1, -0.05) is 12.1 Å². The number of fused-ring (bicyclic) bond motifs is 1. The highest BCUT2D eigenvalue weighted by Crippen LogP contribution is 2.38. The van der Waals surface area contributed by atoms with Crippen molar-refractivity contribution >= 4 is 5.91 Å². The lowest BCUT2D eigenvalue weighted by Crippen LogP contribution is -2.41. The molecule has 3 aromatic carbocycles. The van der Waals surface area contributed by atoms with Crippen LogP contribution in [0.25, 0.3) is 0 Å². The van der Waals surface area contributed by atoms with Crippen molar-refractivity contribution in [3.63, 3.8) is 0 Å². The Hall–Kier alpha value is -3.71. The molecule has 1 aliphatic heterocycles. The quantitative estimate of drug-likeness (QED) is 0.498. The van der Waals surface area contributed by atoms with E-state index in [1.165, 1.54) is 5.56 Å². The first kappa shape index (κ1) is 24.4. The molecule has 1 atom stereocenters. The standard InChI is InChI=1S/C28H32N2O5/c1-32-22-10-8-20(9-11-22)28(31)29-17-25-24-16-27(35-4)26(34-3)15-21(24)12-13-30(25)18-19-6-5-7-23(14-19)33-2/h5-11,14-16,25H,12-13,17-18H2,1-4H3,(H,29,31). The zero-order valence-electron chi connectivity index (χ0n) is 20.7. The van der Waals surface area contributed by atoms with Crippen molar-refractivity contribution in [2.75, 3.05) is 41.5 Å². The van der Waals surface area contributed by atoms with E-state index in [4.69, 9.17) is 18.9 Å². The molecule has 0 aromatic heterocycles. The predicted octanol–water partition coefficient (Wildman–Crippen LogP) is 4.25. The Labute approximate surface area is 206 Å². The normalized spacial score (nSPS) is 15.1. The van der Waals surface area contributed by atoms with Gasteiger partial charge < -0.3 is 24.3 Å². The summed E-state index contributed by atoms with van der Waals surface area (Å²) in [5.74, 6) is 2.82. The second kappa shape index (κ2) is 11.1. The van der Waals surface area contributed by atoms with Crippen LogP contribution >= 0.6 is 0 Å². The Morgan fingerprint density at radius 2 is 1.60 bits per heavy atom. The van der Waals surface area contributed by atoms with Crippen molar-refractivity contribution in [3.05, 3.63) is 82.9 Å². The maximum atomic E-state index is 12.9. The van der Waals surface area contributed by atoms with Crippen LogP contribution in [0, 0.1) is 0 Å². The third kappa shape index (κ3) is 5.52. The highest BCUT2D eigenvalue weighted by atomic mass is 16.5. The maximum Gasteiger partial charge on any atom is 0.251 e. The number of nitrogens with zero attached hydrogens (tertiary/aromatic N) is 1. The van der Waals surface area contributed by atoms with Crippen LogP contribution < -0.4 is 24.3 Å². The van der Waals surface area contributed by atoms with E-state index >= 15 is 0 Å². The minimum Gasteiger partial charge on any atom is -0.497 e. The zero-order valence-corrected chi connectivity index (χ0v) is 20.7. The fraction of sp³-hybridized carbons (Fsp3) is 0.321. The highest BCUT2D eigenvalue weighted by Gasteiger charge is 2.29. The van der Waals surface area contributed by atoms with Gasteiger partial charge in [0.1, 0.15) is 11.5 Å². The van der Waals surface area contributed by atoms with Gasteiger partial charge in [0, 0.05) is 25.2 Å². The number of hydrogen-bond acceptors (Lipinski definition) is 6. The first-order chi connectivity index (χ1) is 17.1. The lowest BCUT2D eigenvalue weighted by Gasteiger charge is -2.38. The monoisotopic (exact) mass is 476 g/mol. The number of carbonyl (C=O) groups is 1. The molecule has 0 aliphatic carbocycles. The molecule has 0 saturated heterocycles. The number of carbonyl (C=O) groups excluding carboxylic acids is 1. The van der Waals surface area contributed by atoms with Crippen molar-refractivity contribution in [2.24, 2.45) is 0 Å². The summed E-state index contributed by atoms with van der Waals surface area (Å²) in [5, 5.41) is 3.13. The maximum absolute atomic E-state index is 12.9. The van der Waals surface area contributed by atoms with Gasteiger partial charge in [0.25, 0.3) is 5.91 Å². The number of amides is 1. The Kier molecular flexibility index (Phi) is 7.77. The van der Waals surface area contributed by atoms with E-state index in [0.717, 1.165) is 36.4 Å². The molecule has 0 fully saturated rings. The van der Waals surface area contributed by atoms with Crippen molar-refractivity contribution in [3.8, 4) is 23.0 Å². The molecule has 35 heavy (non-hydrogen) atoms. The number of benzene rings is 3. The lowest BCUT2D eigenvalue weighted by atomic mass is 9.91. The first-order valence-electron chi connectivity index (χ1n) is 11.6. The van der Waals surface area contributed by atoms with E-state index in [-0.39, 0.29) is 11.9 Å². The SMILES string of the molecule is COc1ccc(C(=O)NCC2c3cc(OC)c(OC)cc3CCN2Cc2cccc(OC)c2)cc1. The molecule has 7 heteroatoms. The van der Waals surface area contributed by atoms with Crippen molar-refractivity contribution < 1.29 is 23.7 Å². The van der Waals surface area contributed by atoms with E-state index in [1.807, 2.05) is 18.2 Å².